The van der Waals surface area contributed by atoms with Crippen molar-refractivity contribution in [3.05, 3.63) is 48.7 Å². The molecule has 0 atom stereocenters. The van der Waals surface area contributed by atoms with E-state index >= 15 is 0 Å². The van der Waals surface area contributed by atoms with E-state index in [2.05, 4.69) is 4.98 Å². The number of pyridine rings is 1. The van der Waals surface area contributed by atoms with E-state index in [1.807, 2.05) is 24.3 Å². The fourth-order valence-corrected chi connectivity index (χ4v) is 1.20. The van der Waals surface area contributed by atoms with Crippen LogP contribution in [0.2, 0.25) is 0 Å². The van der Waals surface area contributed by atoms with Crippen LogP contribution in [-0.4, -0.2) is 4.98 Å². The van der Waals surface area contributed by atoms with Crippen molar-refractivity contribution in [2.45, 2.75) is 0 Å². The summed E-state index contributed by atoms with van der Waals surface area (Å²) in [6.07, 6.45) is 1.68. The van der Waals surface area contributed by atoms with Gasteiger partial charge in [0, 0.05) is 6.20 Å². The maximum Gasteiger partial charge on any atom is 1.00 e. The summed E-state index contributed by atoms with van der Waals surface area (Å²) in [5, 5.41) is 11.4. The molecule has 14 heavy (non-hydrogen) atoms. The van der Waals surface area contributed by atoms with Gasteiger partial charge in [-0.05, 0) is 17.7 Å². The molecule has 64 valence electrons. The molecular formula is C11H8CsNO. The van der Waals surface area contributed by atoms with Crippen LogP contribution in [0, 0.1) is 0 Å². The van der Waals surface area contributed by atoms with E-state index in [4.69, 9.17) is 0 Å². The second-order valence-electron chi connectivity index (χ2n) is 2.71. The maximum atomic E-state index is 11.4. The van der Waals surface area contributed by atoms with Gasteiger partial charge in [0.2, 0.25) is 0 Å². The third-order valence-corrected chi connectivity index (χ3v) is 1.83. The van der Waals surface area contributed by atoms with Crippen molar-refractivity contribution in [1.29, 1.82) is 0 Å². The van der Waals surface area contributed by atoms with Gasteiger partial charge in [-0.25, -0.2) is 0 Å². The van der Waals surface area contributed by atoms with Gasteiger partial charge in [-0.2, -0.15) is 0 Å². The van der Waals surface area contributed by atoms with E-state index < -0.39 is 0 Å². The molecule has 0 aliphatic carbocycles. The molecule has 0 N–H and O–H groups in total. The molecule has 0 fully saturated rings. The zero-order valence-corrected chi connectivity index (χ0v) is 14.3. The molecule has 2 rings (SSSR count). The zero-order valence-electron chi connectivity index (χ0n) is 7.97. The predicted molar refractivity (Wildman–Crippen MR) is 49.1 cm³/mol. The van der Waals surface area contributed by atoms with Gasteiger partial charge in [-0.3, -0.25) is 4.98 Å². The molecule has 3 heteroatoms. The normalized spacial score (nSPS) is 9.14. The van der Waals surface area contributed by atoms with Crippen molar-refractivity contribution < 1.29 is 74.0 Å². The van der Waals surface area contributed by atoms with Gasteiger partial charge in [0.15, 0.2) is 0 Å². The Balaban J connectivity index is 0.000000980. The number of aromatic nitrogens is 1. The Hall–Kier alpha value is 0.222. The molecule has 2 aromatic rings. The Kier molecular flexibility index (Phi) is 5.22. The number of rotatable bonds is 1. The predicted octanol–water partition coefficient (Wildman–Crippen LogP) is -1.17. The first-order chi connectivity index (χ1) is 6.38. The van der Waals surface area contributed by atoms with E-state index in [0.29, 0.717) is 5.56 Å². The Bertz CT molecular complexity index is 403. The van der Waals surface area contributed by atoms with E-state index in [-0.39, 0.29) is 74.6 Å². The second-order valence-corrected chi connectivity index (χ2v) is 2.71. The quantitative estimate of drug-likeness (QED) is 0.665. The second kappa shape index (κ2) is 5.95. The molecule has 1 aromatic carbocycles. The van der Waals surface area contributed by atoms with E-state index in [1.165, 1.54) is 0 Å². The summed E-state index contributed by atoms with van der Waals surface area (Å²) in [5.41, 5.74) is 1.39. The molecular weight excluding hydrogens is 295 g/mol. The van der Waals surface area contributed by atoms with Gasteiger partial charge in [-0.15, -0.1) is 0 Å². The standard InChI is InChI=1S/C11H9NO.Cs/c13-11-7-2-1-5-9(11)10-6-3-4-8-12-10;/h1-8,13H;/q;+1/p-1. The fraction of sp³-hybridized carbons (Fsp3) is 0. The number of hydrogen-bond acceptors (Lipinski definition) is 2. The molecule has 0 bridgehead atoms. The van der Waals surface area contributed by atoms with E-state index in [1.54, 1.807) is 24.4 Å². The zero-order chi connectivity index (χ0) is 9.10. The van der Waals surface area contributed by atoms with Crippen LogP contribution in [0.4, 0.5) is 0 Å². The van der Waals surface area contributed by atoms with Crippen molar-refractivity contribution in [3.8, 4) is 17.0 Å². The van der Waals surface area contributed by atoms with Crippen LogP contribution in [0.5, 0.6) is 5.75 Å². The fourth-order valence-electron chi connectivity index (χ4n) is 1.20. The largest absolute Gasteiger partial charge is 1.00 e. The number of para-hydroxylation sites is 1. The van der Waals surface area contributed by atoms with Gasteiger partial charge in [-0.1, -0.05) is 36.1 Å². The molecule has 0 radical (unpaired) electrons. The molecule has 0 saturated carbocycles. The molecule has 1 heterocycles. The van der Waals surface area contributed by atoms with Crippen molar-refractivity contribution in [2.75, 3.05) is 0 Å². The van der Waals surface area contributed by atoms with Crippen LogP contribution >= 0.6 is 0 Å². The van der Waals surface area contributed by atoms with Gasteiger partial charge >= 0.3 is 68.9 Å². The Labute approximate surface area is 142 Å². The van der Waals surface area contributed by atoms with E-state index in [0.717, 1.165) is 5.69 Å². The van der Waals surface area contributed by atoms with Crippen LogP contribution in [0.15, 0.2) is 48.7 Å². The molecule has 2 nitrogen and oxygen atoms in total. The average Bonchev–Trinajstić information content (AvgIpc) is 2.20. The van der Waals surface area contributed by atoms with Crippen LogP contribution in [0.3, 0.4) is 0 Å². The summed E-state index contributed by atoms with van der Waals surface area (Å²) in [5.74, 6) is 0.0150. The molecule has 0 amide bonds. The molecule has 0 spiro atoms. The summed E-state index contributed by atoms with van der Waals surface area (Å²) in [7, 11) is 0. The molecule has 0 unspecified atom stereocenters. The Morgan fingerprint density at radius 2 is 1.64 bits per heavy atom. The molecule has 0 aliphatic heterocycles. The first-order valence-corrected chi connectivity index (χ1v) is 4.05. The summed E-state index contributed by atoms with van der Waals surface area (Å²) in [6.45, 7) is 0. The van der Waals surface area contributed by atoms with Crippen molar-refractivity contribution in [2.24, 2.45) is 0 Å². The minimum atomic E-state index is 0. The minimum Gasteiger partial charge on any atom is -0.872 e. The Morgan fingerprint density at radius 3 is 2.29 bits per heavy atom. The topological polar surface area (TPSA) is 36.0 Å². The maximum absolute atomic E-state index is 11.4. The van der Waals surface area contributed by atoms with Gasteiger partial charge in [0.25, 0.3) is 0 Å². The van der Waals surface area contributed by atoms with Crippen LogP contribution in [-0.2, 0) is 0 Å². The monoisotopic (exact) mass is 303 g/mol. The van der Waals surface area contributed by atoms with E-state index in [9.17, 15) is 5.11 Å². The molecule has 1 aromatic heterocycles. The number of hydrogen-bond donors (Lipinski definition) is 0. The van der Waals surface area contributed by atoms with Gasteiger partial charge in [0.05, 0.1) is 5.69 Å². The first kappa shape index (κ1) is 12.3. The van der Waals surface area contributed by atoms with Crippen molar-refractivity contribution in [3.63, 3.8) is 0 Å². The smallest absolute Gasteiger partial charge is 0.872 e. The first-order valence-electron chi connectivity index (χ1n) is 4.05. The summed E-state index contributed by atoms with van der Waals surface area (Å²) in [4.78, 5) is 4.11. The summed E-state index contributed by atoms with van der Waals surface area (Å²) < 4.78 is 0. The Morgan fingerprint density at radius 1 is 0.929 bits per heavy atom. The third kappa shape index (κ3) is 2.85. The van der Waals surface area contributed by atoms with Crippen molar-refractivity contribution in [1.82, 2.24) is 4.98 Å². The molecule has 0 saturated heterocycles. The number of nitrogens with zero attached hydrogens (tertiary/aromatic N) is 1. The van der Waals surface area contributed by atoms with Crippen LogP contribution < -0.4 is 74.0 Å². The third-order valence-electron chi connectivity index (χ3n) is 1.83. The number of benzene rings is 1. The SMILES string of the molecule is [Cs+].[O-]c1ccccc1-c1ccccn1. The van der Waals surface area contributed by atoms with Crippen molar-refractivity contribution >= 4 is 0 Å². The van der Waals surface area contributed by atoms with Crippen LogP contribution in [0.1, 0.15) is 0 Å². The van der Waals surface area contributed by atoms with Gasteiger partial charge in [0.1, 0.15) is 0 Å². The minimum absolute atomic E-state index is 0. The van der Waals surface area contributed by atoms with Gasteiger partial charge < -0.3 is 5.11 Å². The molecule has 0 aliphatic rings. The summed E-state index contributed by atoms with van der Waals surface area (Å²) in [6, 6.07) is 12.4. The summed E-state index contributed by atoms with van der Waals surface area (Å²) >= 11 is 0. The average molecular weight is 303 g/mol. The van der Waals surface area contributed by atoms with Crippen LogP contribution in [0.25, 0.3) is 11.3 Å².